The van der Waals surface area contributed by atoms with E-state index in [2.05, 4.69) is 242 Å². The quantitative estimate of drug-likeness (QED) is 0.157. The zero-order valence-electron chi connectivity index (χ0n) is 33.2. The highest BCUT2D eigenvalue weighted by Crippen LogP contribution is 2.52. The summed E-state index contributed by atoms with van der Waals surface area (Å²) < 4.78 is 2.47. The topological polar surface area (TPSA) is 8.17 Å². The molecule has 0 unspecified atom stereocenters. The number of aromatic nitrogens is 1. The highest BCUT2D eigenvalue weighted by atomic mass is 15.1. The third-order valence-electron chi connectivity index (χ3n) is 12.4. The van der Waals surface area contributed by atoms with Gasteiger partial charge in [0.25, 0.3) is 0 Å². The van der Waals surface area contributed by atoms with Gasteiger partial charge in [0.2, 0.25) is 0 Å². The monoisotopic (exact) mass is 754 g/mol. The molecule has 0 amide bonds. The van der Waals surface area contributed by atoms with Crippen molar-refractivity contribution >= 4 is 38.9 Å². The van der Waals surface area contributed by atoms with E-state index in [-0.39, 0.29) is 5.41 Å². The molecule has 1 aromatic heterocycles. The van der Waals surface area contributed by atoms with E-state index < -0.39 is 0 Å². The molecule has 1 heterocycles. The van der Waals surface area contributed by atoms with Crippen LogP contribution in [0.2, 0.25) is 0 Å². The zero-order valence-corrected chi connectivity index (χ0v) is 33.2. The Morgan fingerprint density at radius 3 is 1.68 bits per heavy atom. The molecule has 0 radical (unpaired) electrons. The summed E-state index contributed by atoms with van der Waals surface area (Å²) in [7, 11) is 0. The van der Waals surface area contributed by atoms with Gasteiger partial charge in [0.1, 0.15) is 0 Å². The lowest BCUT2D eigenvalue weighted by atomic mass is 9.82. The maximum absolute atomic E-state index is 2.50. The second-order valence-corrected chi connectivity index (χ2v) is 16.1. The minimum atomic E-state index is -0.153. The van der Waals surface area contributed by atoms with Gasteiger partial charge in [0, 0.05) is 38.7 Å². The average Bonchev–Trinajstić information content (AvgIpc) is 3.75. The summed E-state index contributed by atoms with van der Waals surface area (Å²) >= 11 is 0. The third-order valence-corrected chi connectivity index (χ3v) is 12.4. The Hall–Kier alpha value is -7.42. The summed E-state index contributed by atoms with van der Waals surface area (Å²) in [5.41, 5.74) is 19.2. The molecule has 59 heavy (non-hydrogen) atoms. The highest BCUT2D eigenvalue weighted by Gasteiger charge is 2.36. The van der Waals surface area contributed by atoms with Gasteiger partial charge in [-0.05, 0) is 87.0 Å². The van der Waals surface area contributed by atoms with Crippen molar-refractivity contribution in [2.45, 2.75) is 19.3 Å². The summed E-state index contributed by atoms with van der Waals surface area (Å²) in [5, 5.41) is 2.45. The van der Waals surface area contributed by atoms with Crippen LogP contribution in [0.5, 0.6) is 0 Å². The number of fused-ring (bicyclic) bond motifs is 6. The SMILES string of the molecule is CC1(C)c2ccccc2-c2ccc(N(c3ccc4c5ccccc5n(-c5ccccc5-c5ccccc5)c4c3)c3cccc(-c4ccccc4)c3-c3ccccc3)cc21. The largest absolute Gasteiger partial charge is 0.310 e. The smallest absolute Gasteiger partial charge is 0.0562 e. The fourth-order valence-corrected chi connectivity index (χ4v) is 9.64. The van der Waals surface area contributed by atoms with E-state index in [0.717, 1.165) is 28.3 Å². The van der Waals surface area contributed by atoms with Crippen molar-refractivity contribution in [2.24, 2.45) is 0 Å². The van der Waals surface area contributed by atoms with Crippen molar-refractivity contribution in [3.8, 4) is 50.2 Å². The summed E-state index contributed by atoms with van der Waals surface area (Å²) in [6.07, 6.45) is 0. The van der Waals surface area contributed by atoms with E-state index in [9.17, 15) is 0 Å². The molecule has 0 spiro atoms. The van der Waals surface area contributed by atoms with E-state index in [0.29, 0.717) is 0 Å². The molecule has 0 aliphatic heterocycles. The molecule has 0 bridgehead atoms. The van der Waals surface area contributed by atoms with Crippen LogP contribution < -0.4 is 4.90 Å². The second-order valence-electron chi connectivity index (χ2n) is 16.1. The Balaban J connectivity index is 1.21. The molecule has 0 N–H and O–H groups in total. The molecule has 1 aliphatic carbocycles. The lowest BCUT2D eigenvalue weighted by molar-refractivity contribution is 0.660. The van der Waals surface area contributed by atoms with Gasteiger partial charge in [-0.1, -0.05) is 190 Å². The van der Waals surface area contributed by atoms with E-state index in [1.165, 1.54) is 71.9 Å². The van der Waals surface area contributed by atoms with E-state index >= 15 is 0 Å². The number of benzene rings is 9. The fourth-order valence-electron chi connectivity index (χ4n) is 9.64. The number of hydrogen-bond acceptors (Lipinski definition) is 1. The number of rotatable bonds is 7. The maximum atomic E-state index is 2.50. The van der Waals surface area contributed by atoms with Gasteiger partial charge in [-0.15, -0.1) is 0 Å². The van der Waals surface area contributed by atoms with Crippen LogP contribution in [0.25, 0.3) is 72.0 Å². The van der Waals surface area contributed by atoms with Crippen molar-refractivity contribution in [3.05, 3.63) is 230 Å². The molecule has 10 aromatic rings. The predicted molar refractivity (Wildman–Crippen MR) is 249 cm³/mol. The lowest BCUT2D eigenvalue weighted by Crippen LogP contribution is -2.17. The minimum absolute atomic E-state index is 0.153. The standard InChI is InChI=1S/C57H42N2/c1-57(2)50-29-15-12-26-46(50)47-35-33-42(37-51(47)57)58(54-32-18-28-45(40-21-8-4-9-22-40)56(54)41-23-10-5-11-24-41)43-34-36-49-48-27-14-17-31-53(48)59(55(49)38-43)52-30-16-13-25-44(52)39-19-6-3-7-20-39/h3-38H,1-2H3. The number of hydrogen-bond donors (Lipinski definition) is 0. The zero-order chi connectivity index (χ0) is 39.5. The van der Waals surface area contributed by atoms with Gasteiger partial charge < -0.3 is 9.47 Å². The number of para-hydroxylation sites is 2. The van der Waals surface area contributed by atoms with Crippen molar-refractivity contribution in [1.82, 2.24) is 4.57 Å². The molecule has 0 fully saturated rings. The van der Waals surface area contributed by atoms with Gasteiger partial charge in [-0.25, -0.2) is 0 Å². The second kappa shape index (κ2) is 13.9. The predicted octanol–water partition coefficient (Wildman–Crippen LogP) is 15.6. The van der Waals surface area contributed by atoms with Crippen LogP contribution in [-0.4, -0.2) is 4.57 Å². The van der Waals surface area contributed by atoms with Crippen LogP contribution in [-0.2, 0) is 5.41 Å². The van der Waals surface area contributed by atoms with Crippen LogP contribution in [0.15, 0.2) is 218 Å². The Morgan fingerprint density at radius 2 is 0.915 bits per heavy atom. The van der Waals surface area contributed by atoms with Crippen LogP contribution in [0.3, 0.4) is 0 Å². The first-order valence-electron chi connectivity index (χ1n) is 20.5. The Morgan fingerprint density at radius 1 is 0.373 bits per heavy atom. The Kier molecular flexibility index (Phi) is 8.20. The van der Waals surface area contributed by atoms with Crippen LogP contribution >= 0.6 is 0 Å². The summed E-state index contributed by atoms with van der Waals surface area (Å²) in [6, 6.07) is 79.9. The van der Waals surface area contributed by atoms with E-state index in [4.69, 9.17) is 0 Å². The minimum Gasteiger partial charge on any atom is -0.310 e. The van der Waals surface area contributed by atoms with Crippen molar-refractivity contribution in [3.63, 3.8) is 0 Å². The molecule has 0 atom stereocenters. The van der Waals surface area contributed by atoms with Crippen molar-refractivity contribution in [2.75, 3.05) is 4.90 Å². The molecule has 0 saturated carbocycles. The Bertz CT molecular complexity index is 3170. The van der Waals surface area contributed by atoms with Gasteiger partial charge in [-0.3, -0.25) is 0 Å². The van der Waals surface area contributed by atoms with E-state index in [1.54, 1.807) is 0 Å². The molecule has 2 nitrogen and oxygen atoms in total. The molecule has 1 aliphatic rings. The van der Waals surface area contributed by atoms with Gasteiger partial charge >= 0.3 is 0 Å². The van der Waals surface area contributed by atoms with Gasteiger partial charge in [0.05, 0.1) is 22.4 Å². The summed E-state index contributed by atoms with van der Waals surface area (Å²) in [5.74, 6) is 0. The highest BCUT2D eigenvalue weighted by molar-refractivity contribution is 6.11. The molecule has 280 valence electrons. The van der Waals surface area contributed by atoms with Crippen molar-refractivity contribution in [1.29, 1.82) is 0 Å². The normalized spacial score (nSPS) is 12.7. The molecule has 9 aromatic carbocycles. The molecule has 11 rings (SSSR count). The number of anilines is 3. The van der Waals surface area contributed by atoms with E-state index in [1.807, 2.05) is 0 Å². The van der Waals surface area contributed by atoms with Crippen LogP contribution in [0.1, 0.15) is 25.0 Å². The first-order chi connectivity index (χ1) is 29.1. The Labute approximate surface area is 345 Å². The number of nitrogens with zero attached hydrogens (tertiary/aromatic N) is 2. The van der Waals surface area contributed by atoms with Gasteiger partial charge in [-0.2, -0.15) is 0 Å². The molecule has 0 saturated heterocycles. The molecular weight excluding hydrogens is 713 g/mol. The lowest BCUT2D eigenvalue weighted by Gasteiger charge is -2.31. The first-order valence-corrected chi connectivity index (χ1v) is 20.5. The fraction of sp³-hybridized carbons (Fsp3) is 0.0526. The first kappa shape index (κ1) is 34.8. The molecule has 2 heteroatoms. The summed E-state index contributed by atoms with van der Waals surface area (Å²) in [6.45, 7) is 4.73. The molecular formula is C57H42N2. The third kappa shape index (κ3) is 5.63. The average molecular weight is 755 g/mol. The van der Waals surface area contributed by atoms with Crippen LogP contribution in [0, 0.1) is 0 Å². The van der Waals surface area contributed by atoms with Crippen LogP contribution in [0.4, 0.5) is 17.1 Å². The maximum Gasteiger partial charge on any atom is 0.0562 e. The summed E-state index contributed by atoms with van der Waals surface area (Å²) in [4.78, 5) is 2.50. The van der Waals surface area contributed by atoms with Gasteiger partial charge in [0.15, 0.2) is 0 Å². The van der Waals surface area contributed by atoms with Crippen molar-refractivity contribution < 1.29 is 0 Å².